The van der Waals surface area contributed by atoms with Crippen LogP contribution in [0.2, 0.25) is 0 Å². The Kier molecular flexibility index (Phi) is 5.28. The molecule has 1 atom stereocenters. The minimum absolute atomic E-state index is 0.0968. The Labute approximate surface area is 126 Å². The predicted molar refractivity (Wildman–Crippen MR) is 82.3 cm³/mol. The van der Waals surface area contributed by atoms with Crippen LogP contribution in [0.3, 0.4) is 0 Å². The first-order valence-corrected chi connectivity index (χ1v) is 7.56. The van der Waals surface area contributed by atoms with E-state index in [-0.39, 0.29) is 11.9 Å². The van der Waals surface area contributed by atoms with Gasteiger partial charge in [-0.2, -0.15) is 0 Å². The van der Waals surface area contributed by atoms with E-state index in [1.54, 1.807) is 6.07 Å². The van der Waals surface area contributed by atoms with Gasteiger partial charge in [0.15, 0.2) is 11.6 Å². The van der Waals surface area contributed by atoms with Crippen molar-refractivity contribution in [1.29, 1.82) is 0 Å². The quantitative estimate of drug-likeness (QED) is 0.848. The molecule has 2 N–H and O–H groups in total. The van der Waals surface area contributed by atoms with Crippen LogP contribution in [0.4, 0.5) is 10.1 Å². The molecule has 1 unspecified atom stereocenters. The van der Waals surface area contributed by atoms with Gasteiger partial charge < -0.3 is 20.1 Å². The summed E-state index contributed by atoms with van der Waals surface area (Å²) in [6, 6.07) is 3.20. The van der Waals surface area contributed by atoms with E-state index in [4.69, 9.17) is 15.2 Å². The van der Waals surface area contributed by atoms with E-state index in [0.29, 0.717) is 24.1 Å². The zero-order chi connectivity index (χ0) is 15.4. The molecule has 0 amide bonds. The minimum atomic E-state index is -0.455. The van der Waals surface area contributed by atoms with Crippen molar-refractivity contribution in [2.45, 2.75) is 45.3 Å². The van der Waals surface area contributed by atoms with Crippen LogP contribution in [-0.4, -0.2) is 37.2 Å². The summed E-state index contributed by atoms with van der Waals surface area (Å²) < 4.78 is 25.0. The van der Waals surface area contributed by atoms with E-state index in [2.05, 4.69) is 11.9 Å². The second-order valence-electron chi connectivity index (χ2n) is 5.93. The molecule has 2 rings (SSSR count). The molecule has 1 heterocycles. The molecule has 0 bridgehead atoms. The molecular weight excluding hydrogens is 271 g/mol. The average molecular weight is 296 g/mol. The van der Waals surface area contributed by atoms with Crippen molar-refractivity contribution in [2.75, 3.05) is 25.9 Å². The Morgan fingerprint density at radius 1 is 1.33 bits per heavy atom. The number of likely N-dealkylation sites (N-methyl/N-ethyl adjacent to an activating group) is 1. The third-order valence-electron chi connectivity index (χ3n) is 3.78. The summed E-state index contributed by atoms with van der Waals surface area (Å²) in [6.45, 7) is 5.36. The van der Waals surface area contributed by atoms with E-state index in [1.165, 1.54) is 18.9 Å². The van der Waals surface area contributed by atoms with Crippen molar-refractivity contribution in [3.8, 4) is 11.5 Å². The summed E-state index contributed by atoms with van der Waals surface area (Å²) in [5, 5.41) is 0. The second kappa shape index (κ2) is 6.98. The summed E-state index contributed by atoms with van der Waals surface area (Å²) in [6.07, 6.45) is 3.48. The van der Waals surface area contributed by atoms with Gasteiger partial charge >= 0.3 is 0 Å². The predicted octanol–water partition coefficient (Wildman–Crippen LogP) is 3.06. The van der Waals surface area contributed by atoms with E-state index >= 15 is 0 Å². The number of anilines is 1. The number of nitrogen functional groups attached to an aromatic ring is 1. The van der Waals surface area contributed by atoms with Gasteiger partial charge in [0.05, 0.1) is 11.8 Å². The molecule has 1 aliphatic rings. The van der Waals surface area contributed by atoms with Crippen molar-refractivity contribution >= 4 is 5.69 Å². The molecule has 4 nitrogen and oxygen atoms in total. The molecule has 0 saturated carbocycles. The number of benzene rings is 1. The first kappa shape index (κ1) is 15.9. The fraction of sp³-hybridized carbons (Fsp3) is 0.625. The first-order valence-electron chi connectivity index (χ1n) is 7.56. The molecule has 1 aliphatic heterocycles. The van der Waals surface area contributed by atoms with Crippen molar-refractivity contribution in [3.63, 3.8) is 0 Å². The fourth-order valence-corrected chi connectivity index (χ4v) is 2.56. The Hall–Kier alpha value is -1.49. The number of piperidine rings is 1. The van der Waals surface area contributed by atoms with Gasteiger partial charge in [0, 0.05) is 18.2 Å². The monoisotopic (exact) mass is 296 g/mol. The van der Waals surface area contributed by atoms with Crippen molar-refractivity contribution in [3.05, 3.63) is 17.9 Å². The number of ether oxygens (including phenoxy) is 2. The van der Waals surface area contributed by atoms with Crippen LogP contribution >= 0.6 is 0 Å². The minimum Gasteiger partial charge on any atom is -0.490 e. The molecule has 21 heavy (non-hydrogen) atoms. The maximum Gasteiger partial charge on any atom is 0.167 e. The zero-order valence-electron chi connectivity index (χ0n) is 13.1. The van der Waals surface area contributed by atoms with Gasteiger partial charge in [-0.15, -0.1) is 0 Å². The highest BCUT2D eigenvalue weighted by molar-refractivity contribution is 5.56. The summed E-state index contributed by atoms with van der Waals surface area (Å²) in [5.74, 6) is 0.223. The van der Waals surface area contributed by atoms with Gasteiger partial charge in [0.25, 0.3) is 0 Å². The van der Waals surface area contributed by atoms with E-state index in [0.717, 1.165) is 13.0 Å². The highest BCUT2D eigenvalue weighted by atomic mass is 19.1. The van der Waals surface area contributed by atoms with Gasteiger partial charge in [0.1, 0.15) is 12.4 Å². The number of rotatable bonds is 5. The molecule has 118 valence electrons. The SMILES string of the molecule is CC(C)Oc1cc(OCC2CCCCN2C)c(N)cc1F. The lowest BCUT2D eigenvalue weighted by atomic mass is 10.0. The summed E-state index contributed by atoms with van der Waals surface area (Å²) in [4.78, 5) is 2.30. The number of likely N-dealkylation sites (tertiary alicyclic amines) is 1. The topological polar surface area (TPSA) is 47.7 Å². The van der Waals surface area contributed by atoms with Crippen molar-refractivity contribution < 1.29 is 13.9 Å². The van der Waals surface area contributed by atoms with E-state index in [9.17, 15) is 4.39 Å². The molecule has 1 aromatic carbocycles. The molecule has 1 aromatic rings. The van der Waals surface area contributed by atoms with Gasteiger partial charge in [0.2, 0.25) is 0 Å². The lowest BCUT2D eigenvalue weighted by molar-refractivity contribution is 0.125. The standard InChI is InChI=1S/C16H25FN2O2/c1-11(2)21-15-9-16(14(18)8-13(15)17)20-10-12-6-4-5-7-19(12)3/h8-9,11-12H,4-7,10,18H2,1-3H3. The lowest BCUT2D eigenvalue weighted by Crippen LogP contribution is -2.40. The third-order valence-corrected chi connectivity index (χ3v) is 3.78. The van der Waals surface area contributed by atoms with Gasteiger partial charge in [-0.1, -0.05) is 6.42 Å². The molecule has 1 saturated heterocycles. The Bertz CT molecular complexity index is 480. The normalized spacial score (nSPS) is 19.8. The highest BCUT2D eigenvalue weighted by Crippen LogP contribution is 2.31. The summed E-state index contributed by atoms with van der Waals surface area (Å²) >= 11 is 0. The van der Waals surface area contributed by atoms with Crippen LogP contribution in [0.1, 0.15) is 33.1 Å². The number of nitrogens with two attached hydrogens (primary N) is 1. The van der Waals surface area contributed by atoms with Gasteiger partial charge in [-0.25, -0.2) is 4.39 Å². The van der Waals surface area contributed by atoms with Crippen LogP contribution in [0.25, 0.3) is 0 Å². The van der Waals surface area contributed by atoms with Gasteiger partial charge in [-0.05, 0) is 40.3 Å². The van der Waals surface area contributed by atoms with Crippen LogP contribution in [-0.2, 0) is 0 Å². The third kappa shape index (κ3) is 4.24. The Morgan fingerprint density at radius 2 is 2.10 bits per heavy atom. The molecule has 0 aromatic heterocycles. The zero-order valence-corrected chi connectivity index (χ0v) is 13.1. The molecule has 1 fully saturated rings. The molecule has 0 radical (unpaired) electrons. The second-order valence-corrected chi connectivity index (χ2v) is 5.93. The van der Waals surface area contributed by atoms with Crippen molar-refractivity contribution in [2.24, 2.45) is 0 Å². The molecule has 0 aliphatic carbocycles. The smallest absolute Gasteiger partial charge is 0.167 e. The number of halogens is 1. The molecule has 0 spiro atoms. The lowest BCUT2D eigenvalue weighted by Gasteiger charge is -2.32. The van der Waals surface area contributed by atoms with Crippen LogP contribution in [0.15, 0.2) is 12.1 Å². The maximum atomic E-state index is 13.8. The van der Waals surface area contributed by atoms with Crippen LogP contribution in [0.5, 0.6) is 11.5 Å². The van der Waals surface area contributed by atoms with E-state index in [1.807, 2.05) is 13.8 Å². The first-order chi connectivity index (χ1) is 9.97. The summed E-state index contributed by atoms with van der Waals surface area (Å²) in [7, 11) is 2.11. The largest absolute Gasteiger partial charge is 0.490 e. The van der Waals surface area contributed by atoms with Crippen LogP contribution < -0.4 is 15.2 Å². The van der Waals surface area contributed by atoms with Crippen molar-refractivity contribution in [1.82, 2.24) is 4.90 Å². The molecule has 5 heteroatoms. The molecular formula is C16H25FN2O2. The van der Waals surface area contributed by atoms with Gasteiger partial charge in [-0.3, -0.25) is 0 Å². The highest BCUT2D eigenvalue weighted by Gasteiger charge is 2.20. The average Bonchev–Trinajstić information content (AvgIpc) is 2.41. The Morgan fingerprint density at radius 3 is 2.76 bits per heavy atom. The number of nitrogens with zero attached hydrogens (tertiary/aromatic N) is 1. The van der Waals surface area contributed by atoms with Crippen LogP contribution in [0, 0.1) is 5.82 Å². The fourth-order valence-electron chi connectivity index (χ4n) is 2.56. The summed E-state index contributed by atoms with van der Waals surface area (Å²) in [5.41, 5.74) is 6.14. The number of hydrogen-bond acceptors (Lipinski definition) is 4. The van der Waals surface area contributed by atoms with E-state index < -0.39 is 5.82 Å². The maximum absolute atomic E-state index is 13.8. The Balaban J connectivity index is 2.04. The number of hydrogen-bond donors (Lipinski definition) is 1.